The molecule has 0 aliphatic rings. The van der Waals surface area contributed by atoms with Gasteiger partial charge >= 0.3 is 0 Å². The van der Waals surface area contributed by atoms with E-state index in [1.165, 1.54) is 0 Å². The van der Waals surface area contributed by atoms with E-state index in [1.54, 1.807) is 34.8 Å². The zero-order valence-corrected chi connectivity index (χ0v) is 12.2. The summed E-state index contributed by atoms with van der Waals surface area (Å²) in [7, 11) is 0. The van der Waals surface area contributed by atoms with E-state index in [0.717, 1.165) is 10.9 Å². The van der Waals surface area contributed by atoms with E-state index in [-0.39, 0.29) is 5.56 Å². The molecule has 0 atom stereocenters. The van der Waals surface area contributed by atoms with Gasteiger partial charge in [-0.05, 0) is 30.3 Å². The van der Waals surface area contributed by atoms with Crippen LogP contribution in [0.25, 0.3) is 27.8 Å². The summed E-state index contributed by atoms with van der Waals surface area (Å²) in [6.07, 6.45) is 0. The summed E-state index contributed by atoms with van der Waals surface area (Å²) in [6, 6.07) is 18.6. The molecule has 2 aromatic heterocycles. The lowest BCUT2D eigenvalue weighted by Gasteiger charge is -2.07. The molecule has 4 rings (SSSR count). The van der Waals surface area contributed by atoms with Crippen LogP contribution in [0.5, 0.6) is 0 Å². The Balaban J connectivity index is 2.07. The highest BCUT2D eigenvalue weighted by molar-refractivity contribution is 6.30. The molecule has 0 saturated heterocycles. The van der Waals surface area contributed by atoms with Gasteiger partial charge in [-0.1, -0.05) is 41.9 Å². The second kappa shape index (κ2) is 4.93. The molecule has 22 heavy (non-hydrogen) atoms. The summed E-state index contributed by atoms with van der Waals surface area (Å²) in [6.45, 7) is 0. The molecular formula is C17H10ClN3O. The van der Waals surface area contributed by atoms with Crippen LogP contribution in [-0.2, 0) is 0 Å². The van der Waals surface area contributed by atoms with Crippen molar-refractivity contribution >= 4 is 28.2 Å². The molecule has 2 heterocycles. The molecule has 0 radical (unpaired) electrons. The predicted octanol–water partition coefficient (Wildman–Crippen LogP) is 3.56. The van der Waals surface area contributed by atoms with Crippen molar-refractivity contribution < 1.29 is 0 Å². The lowest BCUT2D eigenvalue weighted by molar-refractivity contribution is 0.921. The zero-order chi connectivity index (χ0) is 15.1. The molecule has 4 aromatic rings. The monoisotopic (exact) mass is 307 g/mol. The van der Waals surface area contributed by atoms with Crippen LogP contribution in [0.15, 0.2) is 65.5 Å². The van der Waals surface area contributed by atoms with E-state index in [1.807, 2.05) is 30.3 Å². The van der Waals surface area contributed by atoms with Gasteiger partial charge in [-0.2, -0.15) is 10.1 Å². The minimum atomic E-state index is -0.349. The van der Waals surface area contributed by atoms with Crippen LogP contribution in [0.2, 0.25) is 5.02 Å². The molecule has 2 aromatic carbocycles. The Hall–Kier alpha value is -2.72. The first-order chi connectivity index (χ1) is 10.7. The van der Waals surface area contributed by atoms with Crippen LogP contribution in [0, 0.1) is 0 Å². The highest BCUT2D eigenvalue weighted by atomic mass is 35.5. The normalized spacial score (nSPS) is 11.1. The van der Waals surface area contributed by atoms with Gasteiger partial charge in [-0.3, -0.25) is 4.79 Å². The van der Waals surface area contributed by atoms with Crippen LogP contribution in [0.4, 0.5) is 0 Å². The molecule has 4 nitrogen and oxygen atoms in total. The van der Waals surface area contributed by atoms with Gasteiger partial charge in [0.1, 0.15) is 0 Å². The average molecular weight is 308 g/mol. The Kier molecular flexibility index (Phi) is 2.91. The molecule has 0 fully saturated rings. The zero-order valence-electron chi connectivity index (χ0n) is 11.4. The molecule has 0 aliphatic heterocycles. The summed E-state index contributed by atoms with van der Waals surface area (Å²) >= 11 is 5.89. The Labute approximate surface area is 130 Å². The molecule has 0 amide bonds. The SMILES string of the molecule is O=c1nc2ccc3ccccc3n2nc1-c1ccc(Cl)cc1. The van der Waals surface area contributed by atoms with Crippen LogP contribution in [0.1, 0.15) is 0 Å². The number of benzene rings is 2. The number of aromatic nitrogens is 3. The van der Waals surface area contributed by atoms with E-state index < -0.39 is 0 Å². The maximum atomic E-state index is 12.2. The Morgan fingerprint density at radius 2 is 1.68 bits per heavy atom. The predicted molar refractivity (Wildman–Crippen MR) is 87.2 cm³/mol. The maximum absolute atomic E-state index is 12.2. The first-order valence-corrected chi connectivity index (χ1v) is 7.15. The standard InChI is InChI=1S/C17H10ClN3O/c18-13-8-5-12(6-9-13)16-17(22)19-15-10-7-11-3-1-2-4-14(11)21(15)20-16/h1-10H. The van der Waals surface area contributed by atoms with Gasteiger partial charge in [0.15, 0.2) is 11.3 Å². The van der Waals surface area contributed by atoms with E-state index in [0.29, 0.717) is 21.9 Å². The van der Waals surface area contributed by atoms with E-state index in [2.05, 4.69) is 10.1 Å². The summed E-state index contributed by atoms with van der Waals surface area (Å²) < 4.78 is 1.70. The minimum absolute atomic E-state index is 0.311. The number of fused-ring (bicyclic) bond motifs is 3. The van der Waals surface area contributed by atoms with Crippen LogP contribution in [0.3, 0.4) is 0 Å². The molecule has 0 saturated carbocycles. The van der Waals surface area contributed by atoms with Crippen LogP contribution in [-0.4, -0.2) is 14.6 Å². The topological polar surface area (TPSA) is 47.3 Å². The van der Waals surface area contributed by atoms with Crippen LogP contribution < -0.4 is 5.56 Å². The van der Waals surface area contributed by atoms with Crippen molar-refractivity contribution in [2.45, 2.75) is 0 Å². The number of pyridine rings is 1. The fourth-order valence-corrected chi connectivity index (χ4v) is 2.58. The number of hydrogen-bond acceptors (Lipinski definition) is 3. The van der Waals surface area contributed by atoms with E-state index in [9.17, 15) is 4.79 Å². The number of nitrogens with zero attached hydrogens (tertiary/aromatic N) is 3. The maximum Gasteiger partial charge on any atom is 0.300 e. The Morgan fingerprint density at radius 1 is 0.909 bits per heavy atom. The Bertz CT molecular complexity index is 1050. The third kappa shape index (κ3) is 2.05. The summed E-state index contributed by atoms with van der Waals surface area (Å²) in [5.74, 6) is 0. The quantitative estimate of drug-likeness (QED) is 0.505. The van der Waals surface area contributed by atoms with Crippen molar-refractivity contribution in [3.63, 3.8) is 0 Å². The van der Waals surface area contributed by atoms with Crippen molar-refractivity contribution in [1.82, 2.24) is 14.6 Å². The number of halogens is 1. The van der Waals surface area contributed by atoms with Crippen molar-refractivity contribution in [2.75, 3.05) is 0 Å². The van der Waals surface area contributed by atoms with Crippen molar-refractivity contribution in [3.05, 3.63) is 76.0 Å². The molecule has 0 aliphatic carbocycles. The fourth-order valence-electron chi connectivity index (χ4n) is 2.46. The van der Waals surface area contributed by atoms with Gasteiger partial charge in [0.2, 0.25) is 0 Å². The van der Waals surface area contributed by atoms with E-state index in [4.69, 9.17) is 11.6 Å². The number of hydrogen-bond donors (Lipinski definition) is 0. The molecule has 106 valence electrons. The molecular weight excluding hydrogens is 298 g/mol. The van der Waals surface area contributed by atoms with Gasteiger partial charge in [0, 0.05) is 16.0 Å². The molecule has 5 heteroatoms. The van der Waals surface area contributed by atoms with Gasteiger partial charge in [0.25, 0.3) is 5.56 Å². The number of rotatable bonds is 1. The van der Waals surface area contributed by atoms with Gasteiger partial charge in [-0.15, -0.1) is 0 Å². The highest BCUT2D eigenvalue weighted by Gasteiger charge is 2.10. The molecule has 0 unspecified atom stereocenters. The first kappa shape index (κ1) is 13.0. The smallest absolute Gasteiger partial charge is 0.265 e. The third-order valence-corrected chi connectivity index (χ3v) is 3.78. The van der Waals surface area contributed by atoms with Gasteiger partial charge < -0.3 is 0 Å². The van der Waals surface area contributed by atoms with Gasteiger partial charge in [-0.25, -0.2) is 4.52 Å². The lowest BCUT2D eigenvalue weighted by Crippen LogP contribution is -2.16. The first-order valence-electron chi connectivity index (χ1n) is 6.77. The number of para-hydroxylation sites is 1. The fraction of sp³-hybridized carbons (Fsp3) is 0. The highest BCUT2D eigenvalue weighted by Crippen LogP contribution is 2.19. The Morgan fingerprint density at radius 3 is 2.50 bits per heavy atom. The summed E-state index contributed by atoms with van der Waals surface area (Å²) in [5, 5.41) is 6.15. The second-order valence-corrected chi connectivity index (χ2v) is 5.37. The molecule has 0 N–H and O–H groups in total. The molecule has 0 spiro atoms. The summed E-state index contributed by atoms with van der Waals surface area (Å²) in [5.41, 5.74) is 2.09. The average Bonchev–Trinajstić information content (AvgIpc) is 2.55. The second-order valence-electron chi connectivity index (χ2n) is 4.93. The van der Waals surface area contributed by atoms with Crippen molar-refractivity contribution in [2.24, 2.45) is 0 Å². The summed E-state index contributed by atoms with van der Waals surface area (Å²) in [4.78, 5) is 16.4. The lowest BCUT2D eigenvalue weighted by atomic mass is 10.1. The van der Waals surface area contributed by atoms with Gasteiger partial charge in [0.05, 0.1) is 5.52 Å². The van der Waals surface area contributed by atoms with Crippen molar-refractivity contribution in [3.8, 4) is 11.3 Å². The van der Waals surface area contributed by atoms with Crippen LogP contribution >= 0.6 is 11.6 Å². The third-order valence-electron chi connectivity index (χ3n) is 3.53. The largest absolute Gasteiger partial charge is 0.300 e. The molecule has 0 bridgehead atoms. The van der Waals surface area contributed by atoms with E-state index >= 15 is 0 Å². The minimum Gasteiger partial charge on any atom is -0.265 e. The van der Waals surface area contributed by atoms with Crippen molar-refractivity contribution in [1.29, 1.82) is 0 Å².